The van der Waals surface area contributed by atoms with Crippen molar-refractivity contribution in [3.8, 4) is 0 Å². The molecule has 1 aliphatic rings. The zero-order chi connectivity index (χ0) is 13.0. The molecule has 19 heavy (non-hydrogen) atoms. The van der Waals surface area contributed by atoms with Gasteiger partial charge in [-0.3, -0.25) is 4.79 Å². The Kier molecular flexibility index (Phi) is 6.18. The first-order valence-corrected chi connectivity index (χ1v) is 6.06. The Morgan fingerprint density at radius 1 is 1.37 bits per heavy atom. The van der Waals surface area contributed by atoms with Crippen LogP contribution in [0.15, 0.2) is 18.2 Å². The molecule has 0 radical (unpaired) electrons. The minimum Gasteiger partial charge on any atom is -0.355 e. The van der Waals surface area contributed by atoms with E-state index in [1.54, 1.807) is 0 Å². The second kappa shape index (κ2) is 7.40. The molecule has 1 heterocycles. The first kappa shape index (κ1) is 15.9. The fourth-order valence-corrected chi connectivity index (χ4v) is 2.04. The second-order valence-electron chi connectivity index (χ2n) is 4.59. The van der Waals surface area contributed by atoms with Crippen molar-refractivity contribution >= 4 is 18.3 Å². The summed E-state index contributed by atoms with van der Waals surface area (Å²) in [6.07, 6.45) is 1.14. The van der Waals surface area contributed by atoms with Crippen molar-refractivity contribution in [2.24, 2.45) is 5.92 Å². The Labute approximate surface area is 117 Å². The van der Waals surface area contributed by atoms with E-state index in [4.69, 9.17) is 0 Å². The third kappa shape index (κ3) is 4.76. The SMILES string of the molecule is Cl.O=C(Cc1ccc(F)c(F)c1)NCC1CCNC1. The average Bonchev–Trinajstić information content (AvgIpc) is 2.84. The lowest BCUT2D eigenvalue weighted by atomic mass is 10.1. The smallest absolute Gasteiger partial charge is 0.224 e. The normalized spacial score (nSPS) is 17.9. The van der Waals surface area contributed by atoms with Crippen molar-refractivity contribution in [1.29, 1.82) is 0 Å². The van der Waals surface area contributed by atoms with Gasteiger partial charge in [-0.2, -0.15) is 0 Å². The van der Waals surface area contributed by atoms with Crippen LogP contribution in [0, 0.1) is 17.6 Å². The quantitative estimate of drug-likeness (QED) is 0.885. The van der Waals surface area contributed by atoms with Crippen LogP contribution < -0.4 is 10.6 Å². The van der Waals surface area contributed by atoms with Gasteiger partial charge in [0.15, 0.2) is 11.6 Å². The van der Waals surface area contributed by atoms with E-state index >= 15 is 0 Å². The van der Waals surface area contributed by atoms with Crippen molar-refractivity contribution in [3.63, 3.8) is 0 Å². The van der Waals surface area contributed by atoms with Crippen LogP contribution in [0.3, 0.4) is 0 Å². The molecular formula is C13H17ClF2N2O. The van der Waals surface area contributed by atoms with E-state index in [1.165, 1.54) is 6.07 Å². The topological polar surface area (TPSA) is 41.1 Å². The highest BCUT2D eigenvalue weighted by Crippen LogP contribution is 2.09. The van der Waals surface area contributed by atoms with E-state index in [0.717, 1.165) is 31.6 Å². The van der Waals surface area contributed by atoms with Crippen LogP contribution in [-0.4, -0.2) is 25.5 Å². The molecule has 0 aliphatic carbocycles. The lowest BCUT2D eigenvalue weighted by Crippen LogP contribution is -2.31. The molecule has 1 aromatic carbocycles. The van der Waals surface area contributed by atoms with Crippen LogP contribution in [0.4, 0.5) is 8.78 Å². The summed E-state index contributed by atoms with van der Waals surface area (Å²) in [6, 6.07) is 3.53. The number of amides is 1. The van der Waals surface area contributed by atoms with Crippen molar-refractivity contribution in [1.82, 2.24) is 10.6 Å². The Bertz CT molecular complexity index is 437. The number of hydrogen-bond donors (Lipinski definition) is 2. The molecule has 3 nitrogen and oxygen atoms in total. The maximum atomic E-state index is 12.9. The minimum atomic E-state index is -0.916. The maximum absolute atomic E-state index is 12.9. The number of carbonyl (C=O) groups is 1. The zero-order valence-corrected chi connectivity index (χ0v) is 11.2. The molecule has 0 aromatic heterocycles. The van der Waals surface area contributed by atoms with Gasteiger partial charge in [0.1, 0.15) is 0 Å². The number of carbonyl (C=O) groups excluding carboxylic acids is 1. The van der Waals surface area contributed by atoms with Gasteiger partial charge in [-0.15, -0.1) is 12.4 Å². The molecule has 1 atom stereocenters. The molecule has 0 bridgehead atoms. The van der Waals surface area contributed by atoms with E-state index in [-0.39, 0.29) is 24.7 Å². The van der Waals surface area contributed by atoms with Crippen LogP contribution in [-0.2, 0) is 11.2 Å². The Hall–Kier alpha value is -1.20. The molecule has 106 valence electrons. The summed E-state index contributed by atoms with van der Waals surface area (Å²) in [4.78, 5) is 11.6. The van der Waals surface area contributed by atoms with E-state index in [1.807, 2.05) is 0 Å². The molecule has 1 amide bonds. The third-order valence-corrected chi connectivity index (χ3v) is 3.10. The van der Waals surface area contributed by atoms with E-state index in [0.29, 0.717) is 18.0 Å². The van der Waals surface area contributed by atoms with Crippen molar-refractivity contribution in [2.45, 2.75) is 12.8 Å². The lowest BCUT2D eigenvalue weighted by Gasteiger charge is -2.10. The van der Waals surface area contributed by atoms with Crippen LogP contribution in [0.1, 0.15) is 12.0 Å². The van der Waals surface area contributed by atoms with Gasteiger partial charge in [0, 0.05) is 6.54 Å². The molecule has 1 aromatic rings. The van der Waals surface area contributed by atoms with Crippen LogP contribution in [0.5, 0.6) is 0 Å². The zero-order valence-electron chi connectivity index (χ0n) is 10.4. The number of rotatable bonds is 4. The van der Waals surface area contributed by atoms with E-state index in [2.05, 4.69) is 10.6 Å². The summed E-state index contributed by atoms with van der Waals surface area (Å²) < 4.78 is 25.7. The fourth-order valence-electron chi connectivity index (χ4n) is 2.04. The Morgan fingerprint density at radius 3 is 2.79 bits per heavy atom. The third-order valence-electron chi connectivity index (χ3n) is 3.10. The molecule has 0 spiro atoms. The van der Waals surface area contributed by atoms with Crippen LogP contribution in [0.25, 0.3) is 0 Å². The number of nitrogens with one attached hydrogen (secondary N) is 2. The van der Waals surface area contributed by atoms with Gasteiger partial charge in [0.05, 0.1) is 6.42 Å². The number of halogens is 3. The highest BCUT2D eigenvalue weighted by atomic mass is 35.5. The molecule has 1 unspecified atom stereocenters. The van der Waals surface area contributed by atoms with Crippen molar-refractivity contribution in [2.75, 3.05) is 19.6 Å². The molecular weight excluding hydrogens is 274 g/mol. The molecule has 2 rings (SSSR count). The van der Waals surface area contributed by atoms with Crippen LogP contribution in [0.2, 0.25) is 0 Å². The highest BCUT2D eigenvalue weighted by molar-refractivity contribution is 5.85. The Morgan fingerprint density at radius 2 is 2.16 bits per heavy atom. The summed E-state index contributed by atoms with van der Waals surface area (Å²) in [6.45, 7) is 2.55. The molecule has 0 saturated carbocycles. The van der Waals surface area contributed by atoms with Gasteiger partial charge in [0.2, 0.25) is 5.91 Å². The summed E-state index contributed by atoms with van der Waals surface area (Å²) in [5, 5.41) is 6.03. The highest BCUT2D eigenvalue weighted by Gasteiger charge is 2.15. The van der Waals surface area contributed by atoms with Gasteiger partial charge in [-0.05, 0) is 43.1 Å². The fraction of sp³-hybridized carbons (Fsp3) is 0.462. The largest absolute Gasteiger partial charge is 0.355 e. The van der Waals surface area contributed by atoms with Gasteiger partial charge < -0.3 is 10.6 Å². The second-order valence-corrected chi connectivity index (χ2v) is 4.59. The van der Waals surface area contributed by atoms with Crippen molar-refractivity contribution < 1.29 is 13.6 Å². The standard InChI is InChI=1S/C13H16F2N2O.ClH/c14-11-2-1-9(5-12(11)15)6-13(18)17-8-10-3-4-16-7-10;/h1-2,5,10,16H,3-4,6-8H2,(H,17,18);1H. The predicted molar refractivity (Wildman–Crippen MR) is 71.3 cm³/mol. The first-order chi connectivity index (χ1) is 8.65. The lowest BCUT2D eigenvalue weighted by molar-refractivity contribution is -0.120. The van der Waals surface area contributed by atoms with Crippen molar-refractivity contribution in [3.05, 3.63) is 35.4 Å². The molecule has 6 heteroatoms. The molecule has 1 aliphatic heterocycles. The van der Waals surface area contributed by atoms with Gasteiger partial charge in [-0.25, -0.2) is 8.78 Å². The van der Waals surface area contributed by atoms with E-state index in [9.17, 15) is 13.6 Å². The summed E-state index contributed by atoms with van der Waals surface area (Å²) in [7, 11) is 0. The van der Waals surface area contributed by atoms with Gasteiger partial charge in [0.25, 0.3) is 0 Å². The van der Waals surface area contributed by atoms with E-state index < -0.39 is 11.6 Å². The van der Waals surface area contributed by atoms with Gasteiger partial charge >= 0.3 is 0 Å². The summed E-state index contributed by atoms with van der Waals surface area (Å²) in [5.41, 5.74) is 0.482. The van der Waals surface area contributed by atoms with Crippen LogP contribution >= 0.6 is 12.4 Å². The summed E-state index contributed by atoms with van der Waals surface area (Å²) in [5.74, 6) is -1.50. The maximum Gasteiger partial charge on any atom is 0.224 e. The number of hydrogen-bond acceptors (Lipinski definition) is 2. The minimum absolute atomic E-state index is 0. The number of benzene rings is 1. The first-order valence-electron chi connectivity index (χ1n) is 6.06. The Balaban J connectivity index is 0.00000180. The predicted octanol–water partition coefficient (Wildman–Crippen LogP) is 1.65. The molecule has 2 N–H and O–H groups in total. The van der Waals surface area contributed by atoms with Gasteiger partial charge in [-0.1, -0.05) is 6.07 Å². The molecule has 1 fully saturated rings. The summed E-state index contributed by atoms with van der Waals surface area (Å²) >= 11 is 0. The monoisotopic (exact) mass is 290 g/mol. The average molecular weight is 291 g/mol. The molecule has 1 saturated heterocycles.